The lowest BCUT2D eigenvalue weighted by molar-refractivity contribution is -0.119. The highest BCUT2D eigenvalue weighted by Crippen LogP contribution is 2.26. The number of aliphatic hydroxyl groups excluding tert-OH is 5. The highest BCUT2D eigenvalue weighted by atomic mass is 32.2. The van der Waals surface area contributed by atoms with Crippen LogP contribution in [0.5, 0.6) is 5.75 Å². The molecule has 11 heteroatoms. The molecule has 9 nitrogen and oxygen atoms in total. The Morgan fingerprint density at radius 2 is 1.48 bits per heavy atom. The number of thioether (sulfide) groups is 2. The molecule has 40 heavy (non-hydrogen) atoms. The number of benzene rings is 2. The Hall–Kier alpha value is -1.96. The highest BCUT2D eigenvalue weighted by Gasteiger charge is 2.31. The molecule has 0 aliphatic rings. The molecule has 0 aliphatic heterocycles. The predicted octanol–water partition coefficient (Wildman–Crippen LogP) is 2.00. The van der Waals surface area contributed by atoms with Crippen LogP contribution in [0.4, 0.5) is 0 Å². The molecule has 0 aliphatic carbocycles. The molecule has 0 radical (unpaired) electrons. The van der Waals surface area contributed by atoms with E-state index in [1.165, 1.54) is 42.9 Å². The smallest absolute Gasteiger partial charge is 0.186 e. The van der Waals surface area contributed by atoms with Gasteiger partial charge in [-0.1, -0.05) is 59.9 Å². The van der Waals surface area contributed by atoms with Gasteiger partial charge in [0.2, 0.25) is 0 Å². The van der Waals surface area contributed by atoms with Crippen LogP contribution >= 0.6 is 23.5 Å². The lowest BCUT2D eigenvalue weighted by Gasteiger charge is -2.30. The number of aliphatic hydroxyl groups is 5. The van der Waals surface area contributed by atoms with Gasteiger partial charge in [-0.2, -0.15) is 0 Å². The average molecular weight is 596 g/mol. The van der Waals surface area contributed by atoms with Crippen LogP contribution in [0.1, 0.15) is 37.0 Å². The minimum Gasteiger partial charge on any atom is -0.492 e. The first kappa shape index (κ1) is 34.2. The second kappa shape index (κ2) is 18.5. The zero-order valence-corrected chi connectivity index (χ0v) is 24.6. The van der Waals surface area contributed by atoms with Gasteiger partial charge in [0.15, 0.2) is 10.2 Å². The zero-order chi connectivity index (χ0) is 29.5. The van der Waals surface area contributed by atoms with E-state index in [-0.39, 0.29) is 23.4 Å². The fourth-order valence-electron chi connectivity index (χ4n) is 4.00. The molecule has 2 rings (SSSR count). The highest BCUT2D eigenvalue weighted by molar-refractivity contribution is 8.13. The molecule has 2 aromatic carbocycles. The lowest BCUT2D eigenvalue weighted by atomic mass is 10.0. The van der Waals surface area contributed by atoms with Crippen molar-refractivity contribution in [2.24, 2.45) is 0 Å². The van der Waals surface area contributed by atoms with Gasteiger partial charge in [0.1, 0.15) is 30.7 Å². The van der Waals surface area contributed by atoms with Gasteiger partial charge in [-0.15, -0.1) is 0 Å². The minimum absolute atomic E-state index is 0.00000729. The van der Waals surface area contributed by atoms with Crippen LogP contribution < -0.4 is 4.74 Å². The van der Waals surface area contributed by atoms with Crippen molar-refractivity contribution in [2.45, 2.75) is 62.6 Å². The fraction of sp³-hybridized carbons (Fsp3) is 0.517. The summed E-state index contributed by atoms with van der Waals surface area (Å²) >= 11 is 2.40. The summed E-state index contributed by atoms with van der Waals surface area (Å²) < 4.78 is 6.00. The van der Waals surface area contributed by atoms with E-state index in [0.717, 1.165) is 24.0 Å². The number of hydrogen-bond donors (Lipinski definition) is 5. The largest absolute Gasteiger partial charge is 0.492 e. The third kappa shape index (κ3) is 12.7. The Morgan fingerprint density at radius 1 is 0.850 bits per heavy atom. The number of aryl methyl sites for hydroxylation is 1. The molecular weight excluding hydrogens is 554 g/mol. The quantitative estimate of drug-likeness (QED) is 0.172. The first-order valence-electron chi connectivity index (χ1n) is 13.2. The van der Waals surface area contributed by atoms with Crippen LogP contribution in [-0.4, -0.2) is 97.9 Å². The van der Waals surface area contributed by atoms with E-state index in [2.05, 4.69) is 0 Å². The second-order valence-electron chi connectivity index (χ2n) is 9.53. The summed E-state index contributed by atoms with van der Waals surface area (Å²) in [5.41, 5.74) is 3.06. The van der Waals surface area contributed by atoms with Crippen LogP contribution in [-0.2, 0) is 27.5 Å². The van der Waals surface area contributed by atoms with E-state index in [1.54, 1.807) is 0 Å². The normalized spacial score (nSPS) is 14.5. The summed E-state index contributed by atoms with van der Waals surface area (Å²) in [5, 5.41) is 49.6. The predicted molar refractivity (Wildman–Crippen MR) is 158 cm³/mol. The van der Waals surface area contributed by atoms with Gasteiger partial charge < -0.3 is 30.3 Å². The molecular formula is C29H41NO8S2. The summed E-state index contributed by atoms with van der Waals surface area (Å²) in [6.45, 7) is 3.59. The zero-order valence-electron chi connectivity index (χ0n) is 23.0. The molecule has 0 heterocycles. The number of carbonyl (C=O) groups excluding carboxylic acids is 2. The molecule has 0 bridgehead atoms. The summed E-state index contributed by atoms with van der Waals surface area (Å²) in [7, 11) is 0. The van der Waals surface area contributed by atoms with Gasteiger partial charge in [0.05, 0.1) is 12.7 Å². The molecule has 4 atom stereocenters. The third-order valence-corrected chi connectivity index (χ3v) is 7.99. The Kier molecular flexibility index (Phi) is 15.8. The number of rotatable bonds is 18. The summed E-state index contributed by atoms with van der Waals surface area (Å²) in [6, 6.07) is 15.6. The van der Waals surface area contributed by atoms with Crippen LogP contribution in [0.3, 0.4) is 0 Å². The SMILES string of the molecule is CC(=O)SCc1ccc(OCCN(CCCc2ccccc2)C[C@H](O)[C@@H](O)[C@H](O)[C@H](O)CO)cc1CSC(C)=O. The molecule has 222 valence electrons. The summed E-state index contributed by atoms with van der Waals surface area (Å²) in [5.74, 6) is 1.59. The Bertz CT molecular complexity index is 1040. The van der Waals surface area contributed by atoms with Crippen molar-refractivity contribution < 1.29 is 39.9 Å². The summed E-state index contributed by atoms with van der Waals surface area (Å²) in [4.78, 5) is 24.9. The van der Waals surface area contributed by atoms with Crippen LogP contribution in [0.15, 0.2) is 48.5 Å². The summed E-state index contributed by atoms with van der Waals surface area (Å²) in [6.07, 6.45) is -4.65. The maximum atomic E-state index is 11.5. The standard InChI is InChI=1S/C29H41NO8S2/c1-20(32)39-18-23-10-11-25(15-24(23)19-40-21(2)33)38-14-13-30(12-6-9-22-7-4-3-5-8-22)16-26(34)28(36)29(37)27(35)17-31/h3-5,7-8,10-11,15,26-29,31,34-37H,6,9,12-14,16-19H2,1-2H3/t26-,27+,28+,29+/m0/s1. The van der Waals surface area contributed by atoms with Gasteiger partial charge in [-0.05, 0) is 48.2 Å². The van der Waals surface area contributed by atoms with Gasteiger partial charge >= 0.3 is 0 Å². The number of carbonyl (C=O) groups is 2. The van der Waals surface area contributed by atoms with Crippen molar-refractivity contribution in [3.8, 4) is 5.75 Å². The average Bonchev–Trinajstić information content (AvgIpc) is 2.94. The van der Waals surface area contributed by atoms with E-state index in [1.807, 2.05) is 53.4 Å². The second-order valence-corrected chi connectivity index (χ2v) is 11.8. The van der Waals surface area contributed by atoms with Gasteiger partial charge in [-0.25, -0.2) is 0 Å². The van der Waals surface area contributed by atoms with Crippen molar-refractivity contribution in [2.75, 3.05) is 32.8 Å². The molecule has 0 saturated carbocycles. The van der Waals surface area contributed by atoms with E-state index in [4.69, 9.17) is 9.84 Å². The first-order chi connectivity index (χ1) is 19.1. The third-order valence-electron chi connectivity index (χ3n) is 6.27. The molecule has 0 amide bonds. The maximum absolute atomic E-state index is 11.5. The van der Waals surface area contributed by atoms with Crippen LogP contribution in [0.25, 0.3) is 0 Å². The van der Waals surface area contributed by atoms with Gasteiger partial charge in [0, 0.05) is 38.4 Å². The molecule has 0 saturated heterocycles. The Labute approximate surface area is 244 Å². The number of hydrogen-bond acceptors (Lipinski definition) is 11. The van der Waals surface area contributed by atoms with E-state index >= 15 is 0 Å². The maximum Gasteiger partial charge on any atom is 0.186 e. The first-order valence-corrected chi connectivity index (χ1v) is 15.2. The van der Waals surface area contributed by atoms with Crippen molar-refractivity contribution in [1.29, 1.82) is 0 Å². The van der Waals surface area contributed by atoms with Crippen LogP contribution in [0.2, 0.25) is 0 Å². The fourth-order valence-corrected chi connectivity index (χ4v) is 5.27. The molecule has 0 spiro atoms. The van der Waals surface area contributed by atoms with E-state index < -0.39 is 31.0 Å². The van der Waals surface area contributed by atoms with Crippen molar-refractivity contribution in [1.82, 2.24) is 4.90 Å². The van der Waals surface area contributed by atoms with Crippen molar-refractivity contribution in [3.05, 3.63) is 65.2 Å². The molecule has 0 fully saturated rings. The minimum atomic E-state index is -1.69. The Morgan fingerprint density at radius 3 is 2.10 bits per heavy atom. The van der Waals surface area contributed by atoms with E-state index in [9.17, 15) is 30.0 Å². The molecule has 5 N–H and O–H groups in total. The molecule has 2 aromatic rings. The van der Waals surface area contributed by atoms with Crippen LogP contribution in [0, 0.1) is 0 Å². The molecule has 0 unspecified atom stereocenters. The van der Waals surface area contributed by atoms with Gasteiger partial charge in [-0.3, -0.25) is 14.5 Å². The topological polar surface area (TPSA) is 148 Å². The van der Waals surface area contributed by atoms with Crippen molar-refractivity contribution in [3.63, 3.8) is 0 Å². The van der Waals surface area contributed by atoms with E-state index in [0.29, 0.717) is 30.3 Å². The van der Waals surface area contributed by atoms with Crippen molar-refractivity contribution >= 4 is 33.8 Å². The molecule has 0 aromatic heterocycles. The number of nitrogens with zero attached hydrogens (tertiary/aromatic N) is 1. The monoisotopic (exact) mass is 595 g/mol. The Balaban J connectivity index is 2.04. The van der Waals surface area contributed by atoms with Gasteiger partial charge in [0.25, 0.3) is 0 Å². The lowest BCUT2D eigenvalue weighted by Crippen LogP contribution is -2.50. The number of ether oxygens (including phenoxy) is 1.